The summed E-state index contributed by atoms with van der Waals surface area (Å²) in [6.45, 7) is 1.37. The first kappa shape index (κ1) is 14.9. The number of rotatable bonds is 4. The van der Waals surface area contributed by atoms with Gasteiger partial charge in [0.2, 0.25) is 0 Å². The van der Waals surface area contributed by atoms with E-state index >= 15 is 0 Å². The van der Waals surface area contributed by atoms with Crippen molar-refractivity contribution in [3.63, 3.8) is 0 Å². The van der Waals surface area contributed by atoms with Crippen molar-refractivity contribution < 1.29 is 18.6 Å². The van der Waals surface area contributed by atoms with Gasteiger partial charge < -0.3 is 9.84 Å². The average molecular weight is 289 g/mol. The number of ether oxygens (including phenoxy) is 1. The number of hydrogen-bond acceptors (Lipinski definition) is 3. The Morgan fingerprint density at radius 3 is 2.71 bits per heavy atom. The molecule has 0 aliphatic rings. The van der Waals surface area contributed by atoms with Crippen LogP contribution in [0.4, 0.5) is 8.78 Å². The molecule has 0 aliphatic carbocycles. The number of hydrogen-bond donors (Lipinski definition) is 1. The zero-order valence-corrected chi connectivity index (χ0v) is 11.3. The number of benzene rings is 2. The van der Waals surface area contributed by atoms with Gasteiger partial charge in [0.1, 0.15) is 30.1 Å². The Labute approximate surface area is 121 Å². The van der Waals surface area contributed by atoms with Crippen LogP contribution in [0.25, 0.3) is 0 Å². The number of nitrogens with zero attached hydrogens (tertiary/aromatic N) is 1. The van der Waals surface area contributed by atoms with Gasteiger partial charge in [-0.05, 0) is 31.2 Å². The first-order valence-electron chi connectivity index (χ1n) is 6.30. The van der Waals surface area contributed by atoms with Crippen LogP contribution in [0.2, 0.25) is 0 Å². The van der Waals surface area contributed by atoms with Gasteiger partial charge in [-0.25, -0.2) is 8.78 Å². The first-order chi connectivity index (χ1) is 10.0. The molecule has 2 aromatic rings. The van der Waals surface area contributed by atoms with Crippen LogP contribution in [0.5, 0.6) is 5.75 Å². The van der Waals surface area contributed by atoms with E-state index in [4.69, 9.17) is 10.00 Å². The molecule has 3 nitrogen and oxygen atoms in total. The molecule has 0 heterocycles. The summed E-state index contributed by atoms with van der Waals surface area (Å²) >= 11 is 0. The van der Waals surface area contributed by atoms with Gasteiger partial charge >= 0.3 is 0 Å². The van der Waals surface area contributed by atoms with E-state index in [1.54, 1.807) is 12.1 Å². The molecular weight excluding hydrogens is 276 g/mol. The highest BCUT2D eigenvalue weighted by Gasteiger charge is 2.13. The third kappa shape index (κ3) is 3.36. The maximum atomic E-state index is 13.9. The molecule has 0 bridgehead atoms. The van der Waals surface area contributed by atoms with Crippen LogP contribution < -0.4 is 4.74 Å². The van der Waals surface area contributed by atoms with Crippen molar-refractivity contribution in [2.24, 2.45) is 0 Å². The summed E-state index contributed by atoms with van der Waals surface area (Å²) in [6, 6.07) is 9.93. The number of halogens is 2. The lowest BCUT2D eigenvalue weighted by Crippen LogP contribution is -2.04. The summed E-state index contributed by atoms with van der Waals surface area (Å²) in [7, 11) is 0. The van der Waals surface area contributed by atoms with Crippen LogP contribution in [0, 0.1) is 23.0 Å². The standard InChI is InChI=1S/C16H13F2NO2/c1-10(20)14-7-13(17)5-6-15(14)21-9-12-4-2-3-11(8-19)16(12)18/h2-7,10,20H,9H2,1H3. The fraction of sp³-hybridized carbons (Fsp3) is 0.188. The molecular formula is C16H13F2NO2. The van der Waals surface area contributed by atoms with Gasteiger partial charge in [-0.15, -0.1) is 0 Å². The van der Waals surface area contributed by atoms with Crippen molar-refractivity contribution in [2.45, 2.75) is 19.6 Å². The Balaban J connectivity index is 2.23. The summed E-state index contributed by atoms with van der Waals surface area (Å²) in [4.78, 5) is 0. The van der Waals surface area contributed by atoms with Crippen molar-refractivity contribution in [3.8, 4) is 11.8 Å². The van der Waals surface area contributed by atoms with E-state index in [0.29, 0.717) is 0 Å². The minimum atomic E-state index is -0.911. The predicted octanol–water partition coefficient (Wildman–Crippen LogP) is 3.47. The van der Waals surface area contributed by atoms with Crippen molar-refractivity contribution in [2.75, 3.05) is 0 Å². The maximum Gasteiger partial charge on any atom is 0.147 e. The molecule has 2 rings (SSSR count). The van der Waals surface area contributed by atoms with Gasteiger partial charge in [0.25, 0.3) is 0 Å². The van der Waals surface area contributed by atoms with E-state index in [2.05, 4.69) is 0 Å². The summed E-state index contributed by atoms with van der Waals surface area (Å²) in [6.07, 6.45) is -0.911. The summed E-state index contributed by atoms with van der Waals surface area (Å²) in [5.41, 5.74) is 0.438. The smallest absolute Gasteiger partial charge is 0.147 e. The van der Waals surface area contributed by atoms with E-state index < -0.39 is 17.7 Å². The lowest BCUT2D eigenvalue weighted by molar-refractivity contribution is 0.189. The van der Waals surface area contributed by atoms with E-state index in [1.807, 2.05) is 0 Å². The number of aliphatic hydroxyl groups excluding tert-OH is 1. The van der Waals surface area contributed by atoms with E-state index in [9.17, 15) is 13.9 Å². The van der Waals surface area contributed by atoms with Crippen LogP contribution in [0.15, 0.2) is 36.4 Å². The maximum absolute atomic E-state index is 13.9. The Bertz CT molecular complexity index is 693. The topological polar surface area (TPSA) is 53.2 Å². The molecule has 1 unspecified atom stereocenters. The molecule has 2 aromatic carbocycles. The SMILES string of the molecule is CC(O)c1cc(F)ccc1OCc1cccc(C#N)c1F. The second kappa shape index (κ2) is 6.33. The van der Waals surface area contributed by atoms with Crippen molar-refractivity contribution in [3.05, 3.63) is 64.7 Å². The van der Waals surface area contributed by atoms with Gasteiger partial charge in [0.15, 0.2) is 0 Å². The third-order valence-electron chi connectivity index (χ3n) is 3.00. The Hall–Kier alpha value is -2.45. The van der Waals surface area contributed by atoms with E-state index in [-0.39, 0.29) is 29.0 Å². The molecule has 0 radical (unpaired) electrons. The van der Waals surface area contributed by atoms with Gasteiger partial charge in [0.05, 0.1) is 11.7 Å². The Kier molecular flexibility index (Phi) is 4.51. The molecule has 0 saturated carbocycles. The van der Waals surface area contributed by atoms with Crippen LogP contribution >= 0.6 is 0 Å². The molecule has 0 spiro atoms. The lowest BCUT2D eigenvalue weighted by Gasteiger charge is -2.14. The highest BCUT2D eigenvalue weighted by molar-refractivity contribution is 5.37. The van der Waals surface area contributed by atoms with Crippen molar-refractivity contribution >= 4 is 0 Å². The van der Waals surface area contributed by atoms with Crippen LogP contribution in [-0.4, -0.2) is 5.11 Å². The van der Waals surface area contributed by atoms with Crippen LogP contribution in [0.1, 0.15) is 29.7 Å². The molecule has 0 aliphatic heterocycles. The Morgan fingerprint density at radius 2 is 2.05 bits per heavy atom. The Morgan fingerprint density at radius 1 is 1.29 bits per heavy atom. The normalized spacial score (nSPS) is 11.8. The quantitative estimate of drug-likeness (QED) is 0.937. The second-order valence-corrected chi connectivity index (χ2v) is 4.54. The molecule has 0 fully saturated rings. The molecule has 5 heteroatoms. The molecule has 1 N–H and O–H groups in total. The largest absolute Gasteiger partial charge is 0.488 e. The summed E-state index contributed by atoms with van der Waals surface area (Å²) < 4.78 is 32.5. The zero-order chi connectivity index (χ0) is 15.4. The van der Waals surface area contributed by atoms with E-state index in [1.165, 1.54) is 37.3 Å². The molecule has 0 saturated heterocycles. The molecule has 21 heavy (non-hydrogen) atoms. The van der Waals surface area contributed by atoms with Crippen LogP contribution in [-0.2, 0) is 6.61 Å². The monoisotopic (exact) mass is 289 g/mol. The van der Waals surface area contributed by atoms with Crippen molar-refractivity contribution in [1.29, 1.82) is 5.26 Å². The fourth-order valence-corrected chi connectivity index (χ4v) is 1.91. The number of nitriles is 1. The van der Waals surface area contributed by atoms with Gasteiger partial charge in [-0.2, -0.15) is 5.26 Å². The van der Waals surface area contributed by atoms with Gasteiger partial charge in [-0.3, -0.25) is 0 Å². The molecule has 0 aromatic heterocycles. The average Bonchev–Trinajstić information content (AvgIpc) is 2.47. The molecule has 0 amide bonds. The minimum absolute atomic E-state index is 0.0639. The zero-order valence-electron chi connectivity index (χ0n) is 11.3. The summed E-state index contributed by atoms with van der Waals surface area (Å²) in [5, 5.41) is 18.4. The first-order valence-corrected chi connectivity index (χ1v) is 6.30. The third-order valence-corrected chi connectivity index (χ3v) is 3.00. The highest BCUT2D eigenvalue weighted by Crippen LogP contribution is 2.27. The van der Waals surface area contributed by atoms with Crippen LogP contribution in [0.3, 0.4) is 0 Å². The second-order valence-electron chi connectivity index (χ2n) is 4.54. The van der Waals surface area contributed by atoms with E-state index in [0.717, 1.165) is 0 Å². The predicted molar refractivity (Wildman–Crippen MR) is 72.5 cm³/mol. The van der Waals surface area contributed by atoms with Gasteiger partial charge in [-0.1, -0.05) is 12.1 Å². The lowest BCUT2D eigenvalue weighted by atomic mass is 10.1. The van der Waals surface area contributed by atoms with Gasteiger partial charge in [0, 0.05) is 11.1 Å². The minimum Gasteiger partial charge on any atom is -0.488 e. The highest BCUT2D eigenvalue weighted by atomic mass is 19.1. The van der Waals surface area contributed by atoms with Crippen molar-refractivity contribution in [1.82, 2.24) is 0 Å². The summed E-state index contributed by atoms with van der Waals surface area (Å²) in [5.74, 6) is -0.857. The molecule has 1 atom stereocenters. The fourth-order valence-electron chi connectivity index (χ4n) is 1.91. The molecule has 108 valence electrons. The number of aliphatic hydroxyl groups is 1.